The van der Waals surface area contributed by atoms with Crippen molar-refractivity contribution in [1.29, 1.82) is 0 Å². The van der Waals surface area contributed by atoms with Crippen molar-refractivity contribution in [2.45, 2.75) is 65.3 Å². The van der Waals surface area contributed by atoms with E-state index >= 15 is 0 Å². The van der Waals surface area contributed by atoms with Gasteiger partial charge in [0.15, 0.2) is 5.96 Å². The van der Waals surface area contributed by atoms with Crippen molar-refractivity contribution in [2.75, 3.05) is 39.3 Å². The van der Waals surface area contributed by atoms with Crippen LogP contribution in [0, 0.1) is 0 Å². The third-order valence-electron chi connectivity index (χ3n) is 5.83. The Morgan fingerprint density at radius 2 is 1.88 bits per heavy atom. The second-order valence-electron chi connectivity index (χ2n) is 8.68. The molecule has 2 heterocycles. The van der Waals surface area contributed by atoms with Crippen molar-refractivity contribution >= 4 is 35.8 Å². The summed E-state index contributed by atoms with van der Waals surface area (Å²) in [5, 5.41) is 6.75. The average Bonchev–Trinajstić information content (AvgIpc) is 3.14. The number of halogens is 1. The summed E-state index contributed by atoms with van der Waals surface area (Å²) < 4.78 is 5.87. The standard InChI is InChI=1S/C24H39N5O2.HI/c1-4-25-24(26-12-8-14-29-13-7-11-23(29)30)27-15-21-9-5-6-10-22(21)18-28-16-19(2)31-20(3)17-28;/h5-6,9-10,19-20H,4,7-8,11-18H2,1-3H3,(H2,25,26,27);1H. The zero-order chi connectivity index (χ0) is 22.1. The number of hydrogen-bond donors (Lipinski definition) is 2. The van der Waals surface area contributed by atoms with Crippen molar-refractivity contribution in [3.63, 3.8) is 0 Å². The Morgan fingerprint density at radius 1 is 1.16 bits per heavy atom. The van der Waals surface area contributed by atoms with E-state index in [1.165, 1.54) is 11.1 Å². The monoisotopic (exact) mass is 557 g/mol. The largest absolute Gasteiger partial charge is 0.373 e. The molecule has 1 aromatic carbocycles. The lowest BCUT2D eigenvalue weighted by atomic mass is 10.1. The minimum atomic E-state index is 0. The molecular weight excluding hydrogens is 517 g/mol. The van der Waals surface area contributed by atoms with Crippen molar-refractivity contribution in [1.82, 2.24) is 20.4 Å². The van der Waals surface area contributed by atoms with Crippen molar-refractivity contribution in [3.05, 3.63) is 35.4 Å². The molecule has 8 heteroatoms. The summed E-state index contributed by atoms with van der Waals surface area (Å²) in [6.45, 7) is 13.2. The predicted molar refractivity (Wildman–Crippen MR) is 140 cm³/mol. The number of guanidine groups is 1. The van der Waals surface area contributed by atoms with Crippen molar-refractivity contribution < 1.29 is 9.53 Å². The molecule has 2 N–H and O–H groups in total. The molecule has 2 aliphatic rings. The Labute approximate surface area is 210 Å². The van der Waals surface area contributed by atoms with Crippen LogP contribution in [0.5, 0.6) is 0 Å². The summed E-state index contributed by atoms with van der Waals surface area (Å²) in [5.74, 6) is 1.12. The number of carbonyl (C=O) groups is 1. The van der Waals surface area contributed by atoms with Crippen LogP contribution in [0.3, 0.4) is 0 Å². The zero-order valence-corrected chi connectivity index (χ0v) is 22.1. The first-order valence-electron chi connectivity index (χ1n) is 11.8. The van der Waals surface area contributed by atoms with E-state index in [4.69, 9.17) is 9.73 Å². The molecule has 1 aromatic rings. The number of likely N-dealkylation sites (tertiary alicyclic amines) is 1. The molecule has 0 aliphatic carbocycles. The quantitative estimate of drug-likeness (QED) is 0.212. The highest BCUT2D eigenvalue weighted by Crippen LogP contribution is 2.17. The van der Waals surface area contributed by atoms with Gasteiger partial charge in [0.1, 0.15) is 0 Å². The van der Waals surface area contributed by atoms with Crippen molar-refractivity contribution in [2.24, 2.45) is 4.99 Å². The van der Waals surface area contributed by atoms with Crippen LogP contribution in [0.15, 0.2) is 29.3 Å². The van der Waals surface area contributed by atoms with E-state index in [-0.39, 0.29) is 36.2 Å². The zero-order valence-electron chi connectivity index (χ0n) is 19.8. The van der Waals surface area contributed by atoms with E-state index in [9.17, 15) is 4.79 Å². The van der Waals surface area contributed by atoms with Crippen LogP contribution in [0.4, 0.5) is 0 Å². The molecule has 2 unspecified atom stereocenters. The Balaban J connectivity index is 0.00000363. The number of rotatable bonds is 9. The number of aliphatic imine (C=N–C) groups is 1. The van der Waals surface area contributed by atoms with Crippen LogP contribution >= 0.6 is 24.0 Å². The van der Waals surface area contributed by atoms with E-state index in [0.717, 1.165) is 64.6 Å². The van der Waals surface area contributed by atoms with Gasteiger partial charge in [0.25, 0.3) is 0 Å². The molecule has 7 nitrogen and oxygen atoms in total. The minimum Gasteiger partial charge on any atom is -0.373 e. The highest BCUT2D eigenvalue weighted by Gasteiger charge is 2.22. The average molecular weight is 558 g/mol. The molecule has 2 aliphatic heterocycles. The van der Waals surface area contributed by atoms with Gasteiger partial charge in [-0.3, -0.25) is 9.69 Å². The SMILES string of the molecule is CCNC(=NCc1ccccc1CN1CC(C)OC(C)C1)NCCCN1CCCC1=O.I. The first-order chi connectivity index (χ1) is 15.0. The van der Waals surface area contributed by atoms with Gasteiger partial charge in [-0.1, -0.05) is 24.3 Å². The first-order valence-corrected chi connectivity index (χ1v) is 11.8. The highest BCUT2D eigenvalue weighted by atomic mass is 127. The fourth-order valence-electron chi connectivity index (χ4n) is 4.44. The normalized spacial score (nSPS) is 22.0. The molecule has 1 amide bonds. The van der Waals surface area contributed by atoms with E-state index in [1.54, 1.807) is 0 Å². The Hall–Kier alpha value is -1.39. The van der Waals surface area contributed by atoms with Gasteiger partial charge in [0.2, 0.25) is 5.91 Å². The van der Waals surface area contributed by atoms with Crippen LogP contribution in [-0.4, -0.2) is 73.1 Å². The summed E-state index contributed by atoms with van der Waals surface area (Å²) in [4.78, 5) is 21.0. The number of nitrogens with one attached hydrogen (secondary N) is 2. The number of benzene rings is 1. The number of nitrogens with zero attached hydrogens (tertiary/aromatic N) is 3. The number of morpholine rings is 1. The van der Waals surface area contributed by atoms with Crippen LogP contribution < -0.4 is 10.6 Å². The summed E-state index contributed by atoms with van der Waals surface area (Å²) in [7, 11) is 0. The van der Waals surface area contributed by atoms with Gasteiger partial charge in [-0.05, 0) is 44.7 Å². The lowest BCUT2D eigenvalue weighted by molar-refractivity contribution is -0.127. The maximum Gasteiger partial charge on any atom is 0.222 e. The third-order valence-corrected chi connectivity index (χ3v) is 5.83. The van der Waals surface area contributed by atoms with E-state index in [0.29, 0.717) is 18.9 Å². The fourth-order valence-corrected chi connectivity index (χ4v) is 4.44. The van der Waals surface area contributed by atoms with Gasteiger partial charge >= 0.3 is 0 Å². The predicted octanol–water partition coefficient (Wildman–Crippen LogP) is 2.98. The van der Waals surface area contributed by atoms with Crippen LogP contribution in [-0.2, 0) is 22.6 Å². The van der Waals surface area contributed by atoms with Gasteiger partial charge in [-0.25, -0.2) is 4.99 Å². The smallest absolute Gasteiger partial charge is 0.222 e. The third kappa shape index (κ3) is 8.51. The molecule has 2 fully saturated rings. The molecule has 180 valence electrons. The van der Waals surface area contributed by atoms with Crippen LogP contribution in [0.1, 0.15) is 51.2 Å². The number of carbonyl (C=O) groups excluding carboxylic acids is 1. The van der Waals surface area contributed by atoms with E-state index in [1.807, 2.05) is 4.90 Å². The summed E-state index contributed by atoms with van der Waals surface area (Å²) in [6.07, 6.45) is 3.18. The Kier molecular flexibility index (Phi) is 11.7. The molecule has 0 saturated carbocycles. The fraction of sp³-hybridized carbons (Fsp3) is 0.667. The number of amides is 1. The number of ether oxygens (including phenoxy) is 1. The van der Waals surface area contributed by atoms with Crippen LogP contribution in [0.25, 0.3) is 0 Å². The second-order valence-corrected chi connectivity index (χ2v) is 8.68. The summed E-state index contributed by atoms with van der Waals surface area (Å²) in [6, 6.07) is 8.59. The molecule has 0 aromatic heterocycles. The molecule has 3 rings (SSSR count). The lowest BCUT2D eigenvalue weighted by Crippen LogP contribution is -2.44. The maximum atomic E-state index is 11.7. The Morgan fingerprint density at radius 3 is 2.53 bits per heavy atom. The second kappa shape index (κ2) is 14.0. The minimum absolute atomic E-state index is 0. The van der Waals surface area contributed by atoms with Gasteiger partial charge in [-0.2, -0.15) is 0 Å². The maximum absolute atomic E-state index is 11.7. The van der Waals surface area contributed by atoms with Crippen LogP contribution in [0.2, 0.25) is 0 Å². The number of hydrogen-bond acceptors (Lipinski definition) is 4. The lowest BCUT2D eigenvalue weighted by Gasteiger charge is -2.35. The van der Waals surface area contributed by atoms with Gasteiger partial charge in [0, 0.05) is 52.2 Å². The molecule has 32 heavy (non-hydrogen) atoms. The molecule has 2 saturated heterocycles. The van der Waals surface area contributed by atoms with E-state index < -0.39 is 0 Å². The Bertz CT molecular complexity index is 735. The van der Waals surface area contributed by atoms with Gasteiger partial charge in [0.05, 0.1) is 18.8 Å². The van der Waals surface area contributed by atoms with Crippen molar-refractivity contribution in [3.8, 4) is 0 Å². The molecule has 2 atom stereocenters. The molecule has 0 bridgehead atoms. The summed E-state index contributed by atoms with van der Waals surface area (Å²) >= 11 is 0. The molecule has 0 radical (unpaired) electrons. The van der Waals surface area contributed by atoms with Gasteiger partial charge < -0.3 is 20.3 Å². The molecule has 0 spiro atoms. The summed E-state index contributed by atoms with van der Waals surface area (Å²) in [5.41, 5.74) is 2.59. The topological polar surface area (TPSA) is 69.2 Å². The van der Waals surface area contributed by atoms with E-state index in [2.05, 4.69) is 60.6 Å². The van der Waals surface area contributed by atoms with Gasteiger partial charge in [-0.15, -0.1) is 24.0 Å². The molecular formula is C24H40IN5O2. The highest BCUT2D eigenvalue weighted by molar-refractivity contribution is 14.0. The first kappa shape index (κ1) is 26.9.